The van der Waals surface area contributed by atoms with Crippen LogP contribution in [0.2, 0.25) is 0 Å². The van der Waals surface area contributed by atoms with Gasteiger partial charge in [0.2, 0.25) is 5.13 Å². The van der Waals surface area contributed by atoms with Crippen LogP contribution in [0, 0.1) is 13.8 Å². The van der Waals surface area contributed by atoms with Crippen LogP contribution >= 0.6 is 11.3 Å². The molecular formula is C19H19N3O2S. The Balaban J connectivity index is 1.72. The van der Waals surface area contributed by atoms with E-state index in [0.717, 1.165) is 40.0 Å². The molecule has 0 fully saturated rings. The number of anilines is 1. The number of hydrogen-bond donors (Lipinski definition) is 0. The van der Waals surface area contributed by atoms with Gasteiger partial charge in [0.25, 0.3) is 0 Å². The molecule has 6 heteroatoms. The second-order valence-electron chi connectivity index (χ2n) is 5.99. The maximum absolute atomic E-state index is 5.67. The molecule has 0 N–H and O–H groups in total. The van der Waals surface area contributed by atoms with E-state index < -0.39 is 0 Å². The molecule has 4 rings (SSSR count). The molecule has 3 heterocycles. The molecule has 0 radical (unpaired) electrons. The molecule has 0 aliphatic carbocycles. The van der Waals surface area contributed by atoms with Crippen LogP contribution in [0.1, 0.15) is 34.4 Å². The fraction of sp³-hybridized carbons (Fsp3) is 0.263. The summed E-state index contributed by atoms with van der Waals surface area (Å²) in [6.45, 7) is 4.12. The molecule has 5 nitrogen and oxygen atoms in total. The highest BCUT2D eigenvalue weighted by Crippen LogP contribution is 2.39. The minimum absolute atomic E-state index is 0.0250. The van der Waals surface area contributed by atoms with Crippen molar-refractivity contribution in [2.75, 3.05) is 12.1 Å². The summed E-state index contributed by atoms with van der Waals surface area (Å²) in [5.74, 6) is 1.74. The second kappa shape index (κ2) is 6.37. The summed E-state index contributed by atoms with van der Waals surface area (Å²) < 4.78 is 10.9. The second-order valence-corrected chi connectivity index (χ2v) is 7.17. The lowest BCUT2D eigenvalue weighted by Gasteiger charge is -2.18. The van der Waals surface area contributed by atoms with Crippen molar-refractivity contribution in [3.63, 3.8) is 0 Å². The molecule has 0 amide bonds. The molecule has 1 aromatic carbocycles. The molecule has 1 unspecified atom stereocenters. The minimum atomic E-state index is 0.0250. The lowest BCUT2D eigenvalue weighted by atomic mass is 10.0. The van der Waals surface area contributed by atoms with E-state index in [1.165, 1.54) is 4.88 Å². The van der Waals surface area contributed by atoms with Gasteiger partial charge in [0.1, 0.15) is 17.6 Å². The number of thiazole rings is 1. The molecule has 0 bridgehead atoms. The molecule has 2 aromatic heterocycles. The van der Waals surface area contributed by atoms with Gasteiger partial charge in [0.05, 0.1) is 24.8 Å². The van der Waals surface area contributed by atoms with Crippen molar-refractivity contribution in [2.45, 2.75) is 26.3 Å². The third-order valence-corrected chi connectivity index (χ3v) is 5.48. The summed E-state index contributed by atoms with van der Waals surface area (Å²) in [4.78, 5) is 5.89. The van der Waals surface area contributed by atoms with Gasteiger partial charge in [-0.25, -0.2) is 9.99 Å². The maximum atomic E-state index is 5.67. The van der Waals surface area contributed by atoms with Crippen molar-refractivity contribution in [1.29, 1.82) is 0 Å². The summed E-state index contributed by atoms with van der Waals surface area (Å²) in [7, 11) is 1.67. The van der Waals surface area contributed by atoms with Crippen molar-refractivity contribution >= 4 is 22.2 Å². The highest BCUT2D eigenvalue weighted by atomic mass is 32.1. The number of aryl methyl sites for hydroxylation is 2. The van der Waals surface area contributed by atoms with Crippen molar-refractivity contribution < 1.29 is 9.15 Å². The number of furan rings is 1. The van der Waals surface area contributed by atoms with E-state index in [0.29, 0.717) is 0 Å². The number of benzene rings is 1. The first-order chi connectivity index (χ1) is 12.2. The third-order valence-electron chi connectivity index (χ3n) is 4.42. The molecule has 1 aliphatic rings. The minimum Gasteiger partial charge on any atom is -0.497 e. The monoisotopic (exact) mass is 353 g/mol. The number of nitrogens with zero attached hydrogens (tertiary/aromatic N) is 3. The van der Waals surface area contributed by atoms with E-state index in [-0.39, 0.29) is 6.04 Å². The molecule has 1 atom stereocenters. The Morgan fingerprint density at radius 3 is 2.60 bits per heavy atom. The van der Waals surface area contributed by atoms with Crippen molar-refractivity contribution in [3.05, 3.63) is 64.6 Å². The number of aromatic nitrogens is 1. The Kier molecular flexibility index (Phi) is 4.05. The van der Waals surface area contributed by atoms with Gasteiger partial charge < -0.3 is 9.15 Å². The van der Waals surface area contributed by atoms with Gasteiger partial charge in [-0.3, -0.25) is 0 Å². The van der Waals surface area contributed by atoms with Crippen LogP contribution in [0.25, 0.3) is 0 Å². The summed E-state index contributed by atoms with van der Waals surface area (Å²) in [6, 6.07) is 11.9. The number of hydrogen-bond acceptors (Lipinski definition) is 6. The maximum Gasteiger partial charge on any atom is 0.207 e. The van der Waals surface area contributed by atoms with Gasteiger partial charge in [-0.05, 0) is 55.8 Å². The molecule has 0 saturated heterocycles. The quantitative estimate of drug-likeness (QED) is 0.681. The predicted molar refractivity (Wildman–Crippen MR) is 99.7 cm³/mol. The molecule has 0 spiro atoms. The summed E-state index contributed by atoms with van der Waals surface area (Å²) >= 11 is 1.66. The third kappa shape index (κ3) is 2.93. The van der Waals surface area contributed by atoms with E-state index in [9.17, 15) is 0 Å². The molecular weight excluding hydrogens is 334 g/mol. The van der Waals surface area contributed by atoms with E-state index in [4.69, 9.17) is 14.3 Å². The molecule has 128 valence electrons. The van der Waals surface area contributed by atoms with Gasteiger partial charge in [0.15, 0.2) is 0 Å². The lowest BCUT2D eigenvalue weighted by Crippen LogP contribution is -2.17. The summed E-state index contributed by atoms with van der Waals surface area (Å²) in [5.41, 5.74) is 3.16. The fourth-order valence-electron chi connectivity index (χ4n) is 2.90. The van der Waals surface area contributed by atoms with Crippen LogP contribution in [-0.2, 0) is 0 Å². The highest BCUT2D eigenvalue weighted by molar-refractivity contribution is 7.15. The molecule has 0 saturated carbocycles. The highest BCUT2D eigenvalue weighted by Gasteiger charge is 2.33. The Morgan fingerprint density at radius 1 is 1.20 bits per heavy atom. The van der Waals surface area contributed by atoms with Gasteiger partial charge in [-0.2, -0.15) is 5.10 Å². The van der Waals surface area contributed by atoms with E-state index in [2.05, 4.69) is 11.9 Å². The van der Waals surface area contributed by atoms with Crippen LogP contribution in [-0.4, -0.2) is 17.8 Å². The van der Waals surface area contributed by atoms with Gasteiger partial charge in [0, 0.05) is 11.3 Å². The van der Waals surface area contributed by atoms with Gasteiger partial charge in [-0.15, -0.1) is 11.3 Å². The van der Waals surface area contributed by atoms with Crippen molar-refractivity contribution in [1.82, 2.24) is 4.98 Å². The fourth-order valence-corrected chi connectivity index (χ4v) is 3.81. The van der Waals surface area contributed by atoms with E-state index >= 15 is 0 Å². The molecule has 3 aromatic rings. The van der Waals surface area contributed by atoms with Crippen LogP contribution in [0.4, 0.5) is 5.13 Å². The molecule has 25 heavy (non-hydrogen) atoms. The average molecular weight is 353 g/mol. The Bertz CT molecular complexity index is 878. The van der Waals surface area contributed by atoms with Crippen molar-refractivity contribution in [2.24, 2.45) is 5.10 Å². The van der Waals surface area contributed by atoms with Crippen LogP contribution in [0.15, 0.2) is 52.2 Å². The SMILES string of the molecule is COc1ccc(C2=NN(c3nc(C)c(C)s3)C(c3ccco3)C2)cc1. The standard InChI is InChI=1S/C19H19N3O2S/c1-12-13(2)25-19(20-12)22-17(18-5-4-10-24-18)11-16(21-22)14-6-8-15(23-3)9-7-14/h4-10,17H,11H2,1-3H3. The average Bonchev–Trinajstić information content (AvgIpc) is 3.35. The first kappa shape index (κ1) is 15.9. The van der Waals surface area contributed by atoms with E-state index in [1.807, 2.05) is 48.3 Å². The smallest absolute Gasteiger partial charge is 0.207 e. The zero-order valence-electron chi connectivity index (χ0n) is 14.4. The predicted octanol–water partition coefficient (Wildman–Crippen LogP) is 4.72. The number of hydrazone groups is 1. The Morgan fingerprint density at radius 2 is 2.00 bits per heavy atom. The van der Waals surface area contributed by atoms with Crippen LogP contribution in [0.3, 0.4) is 0 Å². The number of ether oxygens (including phenoxy) is 1. The van der Waals surface area contributed by atoms with Crippen LogP contribution in [0.5, 0.6) is 5.75 Å². The first-order valence-corrected chi connectivity index (χ1v) is 8.96. The molecule has 1 aliphatic heterocycles. The Labute approximate surface area is 150 Å². The summed E-state index contributed by atoms with van der Waals surface area (Å²) in [5, 5.41) is 7.76. The zero-order valence-corrected chi connectivity index (χ0v) is 15.2. The van der Waals surface area contributed by atoms with Crippen LogP contribution < -0.4 is 9.75 Å². The number of methoxy groups -OCH3 is 1. The Hall–Kier alpha value is -2.60. The van der Waals surface area contributed by atoms with Gasteiger partial charge in [-0.1, -0.05) is 0 Å². The summed E-state index contributed by atoms with van der Waals surface area (Å²) in [6.07, 6.45) is 2.48. The lowest BCUT2D eigenvalue weighted by molar-refractivity contribution is 0.415. The largest absolute Gasteiger partial charge is 0.497 e. The normalized spacial score (nSPS) is 17.0. The van der Waals surface area contributed by atoms with Gasteiger partial charge >= 0.3 is 0 Å². The zero-order chi connectivity index (χ0) is 17.4. The van der Waals surface area contributed by atoms with E-state index in [1.54, 1.807) is 24.7 Å². The first-order valence-electron chi connectivity index (χ1n) is 8.14. The van der Waals surface area contributed by atoms with Crippen molar-refractivity contribution in [3.8, 4) is 5.75 Å². The topological polar surface area (TPSA) is 50.9 Å². The number of rotatable bonds is 4.